The molecule has 1 aromatic rings. The molecular formula is C11H19ClN6O2S. The summed E-state index contributed by atoms with van der Waals surface area (Å²) in [5.74, 6) is -0.200. The highest BCUT2D eigenvalue weighted by Gasteiger charge is 2.16. The van der Waals surface area contributed by atoms with Gasteiger partial charge in [-0.25, -0.2) is 17.7 Å². The van der Waals surface area contributed by atoms with Crippen molar-refractivity contribution < 1.29 is 8.42 Å². The van der Waals surface area contributed by atoms with Gasteiger partial charge in [0, 0.05) is 14.1 Å². The van der Waals surface area contributed by atoms with Crippen LogP contribution in [0, 0.1) is 0 Å². The summed E-state index contributed by atoms with van der Waals surface area (Å²) < 4.78 is 24.9. The van der Waals surface area contributed by atoms with Gasteiger partial charge >= 0.3 is 0 Å². The molecule has 0 aromatic heterocycles. The Morgan fingerprint density at radius 3 is 2.10 bits per heavy atom. The van der Waals surface area contributed by atoms with E-state index in [4.69, 9.17) is 17.2 Å². The minimum atomic E-state index is -3.42. The minimum Gasteiger partial charge on any atom is -0.370 e. The topological polar surface area (TPSA) is 140 Å². The van der Waals surface area contributed by atoms with Crippen molar-refractivity contribution in [1.82, 2.24) is 4.31 Å². The number of nitrogens with two attached hydrogens (primary N) is 3. The zero-order valence-corrected chi connectivity index (χ0v) is 13.4. The van der Waals surface area contributed by atoms with Crippen molar-refractivity contribution in [2.45, 2.75) is 11.4 Å². The first kappa shape index (κ1) is 19.2. The Hall–Kier alpha value is -1.84. The molecule has 0 aliphatic carbocycles. The lowest BCUT2D eigenvalue weighted by atomic mass is 10.2. The molecule has 1 rings (SSSR count). The molecule has 0 unspecified atom stereocenters. The molecule has 10 heteroatoms. The molecule has 0 amide bonds. The molecule has 21 heavy (non-hydrogen) atoms. The summed E-state index contributed by atoms with van der Waals surface area (Å²) in [5.41, 5.74) is 16.6. The van der Waals surface area contributed by atoms with Gasteiger partial charge in [0.15, 0.2) is 5.96 Å². The summed E-state index contributed by atoms with van der Waals surface area (Å²) in [6.45, 7) is 0.255. The number of aliphatic imine (C=N–C) groups is 2. The predicted octanol–water partition coefficient (Wildman–Crippen LogP) is -0.553. The Balaban J connectivity index is 0.00000400. The third-order valence-corrected chi connectivity index (χ3v) is 4.20. The first-order valence-electron chi connectivity index (χ1n) is 5.64. The highest BCUT2D eigenvalue weighted by Crippen LogP contribution is 2.14. The molecule has 0 bridgehead atoms. The van der Waals surface area contributed by atoms with Crippen LogP contribution in [-0.2, 0) is 16.6 Å². The lowest BCUT2D eigenvalue weighted by Crippen LogP contribution is -2.26. The molecule has 0 radical (unpaired) electrons. The van der Waals surface area contributed by atoms with Gasteiger partial charge in [-0.2, -0.15) is 4.99 Å². The Kier molecular flexibility index (Phi) is 7.13. The maximum Gasteiger partial charge on any atom is 0.242 e. The fourth-order valence-electron chi connectivity index (χ4n) is 1.32. The molecule has 0 saturated carbocycles. The van der Waals surface area contributed by atoms with E-state index < -0.39 is 10.0 Å². The van der Waals surface area contributed by atoms with E-state index in [0.29, 0.717) is 0 Å². The van der Waals surface area contributed by atoms with E-state index in [9.17, 15) is 8.42 Å². The first-order valence-corrected chi connectivity index (χ1v) is 7.08. The molecule has 1 aromatic carbocycles. The number of hydrogen-bond donors (Lipinski definition) is 3. The summed E-state index contributed by atoms with van der Waals surface area (Å²) in [4.78, 5) is 7.73. The second kappa shape index (κ2) is 7.81. The summed E-state index contributed by atoms with van der Waals surface area (Å²) in [5, 5.41) is 0. The van der Waals surface area contributed by atoms with E-state index in [1.165, 1.54) is 26.2 Å². The molecule has 118 valence electrons. The van der Waals surface area contributed by atoms with Crippen molar-refractivity contribution in [3.05, 3.63) is 29.8 Å². The average Bonchev–Trinajstić information content (AvgIpc) is 2.36. The quantitative estimate of drug-likeness (QED) is 0.500. The SMILES string of the molecule is CN(C)S(=O)(=O)c1ccc(CN=C(N)N=C(N)N)cc1.Cl. The van der Waals surface area contributed by atoms with Gasteiger partial charge in [0.1, 0.15) is 0 Å². The molecule has 6 N–H and O–H groups in total. The van der Waals surface area contributed by atoms with Gasteiger partial charge in [-0.1, -0.05) is 12.1 Å². The molecule has 0 saturated heterocycles. The number of rotatable bonds is 4. The lowest BCUT2D eigenvalue weighted by molar-refractivity contribution is 0.520. The van der Waals surface area contributed by atoms with Crippen molar-refractivity contribution in [2.24, 2.45) is 27.2 Å². The van der Waals surface area contributed by atoms with Crippen LogP contribution in [0.1, 0.15) is 5.56 Å². The van der Waals surface area contributed by atoms with Crippen LogP contribution >= 0.6 is 12.4 Å². The smallest absolute Gasteiger partial charge is 0.242 e. The van der Waals surface area contributed by atoms with Crippen molar-refractivity contribution >= 4 is 34.3 Å². The van der Waals surface area contributed by atoms with Crippen LogP contribution in [0.25, 0.3) is 0 Å². The van der Waals surface area contributed by atoms with Crippen LogP contribution in [-0.4, -0.2) is 38.7 Å². The number of sulfonamides is 1. The van der Waals surface area contributed by atoms with Crippen molar-refractivity contribution in [2.75, 3.05) is 14.1 Å². The third kappa shape index (κ3) is 5.58. The Morgan fingerprint density at radius 1 is 1.14 bits per heavy atom. The van der Waals surface area contributed by atoms with Crippen molar-refractivity contribution in [1.29, 1.82) is 0 Å². The maximum absolute atomic E-state index is 11.9. The minimum absolute atomic E-state index is 0. The number of benzene rings is 1. The molecular weight excluding hydrogens is 316 g/mol. The molecule has 8 nitrogen and oxygen atoms in total. The normalized spacial score (nSPS) is 11.9. The Bertz CT molecular complexity index is 621. The summed E-state index contributed by atoms with van der Waals surface area (Å²) in [6.07, 6.45) is 0. The molecule has 0 heterocycles. The third-order valence-electron chi connectivity index (χ3n) is 2.37. The summed E-state index contributed by atoms with van der Waals surface area (Å²) >= 11 is 0. The molecule has 0 spiro atoms. The van der Waals surface area contributed by atoms with E-state index >= 15 is 0 Å². The highest BCUT2D eigenvalue weighted by atomic mass is 35.5. The van der Waals surface area contributed by atoms with Gasteiger partial charge in [0.05, 0.1) is 11.4 Å². The average molecular weight is 335 g/mol. The van der Waals surface area contributed by atoms with Gasteiger partial charge in [-0.3, -0.25) is 0 Å². The van der Waals surface area contributed by atoms with Crippen LogP contribution in [0.5, 0.6) is 0 Å². The largest absolute Gasteiger partial charge is 0.370 e. The zero-order valence-electron chi connectivity index (χ0n) is 11.7. The summed E-state index contributed by atoms with van der Waals surface area (Å²) in [6, 6.07) is 6.33. The molecule has 0 fully saturated rings. The van der Waals surface area contributed by atoms with Crippen LogP contribution in [0.3, 0.4) is 0 Å². The van der Waals surface area contributed by atoms with E-state index in [2.05, 4.69) is 9.98 Å². The first-order chi connectivity index (χ1) is 9.23. The predicted molar refractivity (Wildman–Crippen MR) is 85.7 cm³/mol. The Morgan fingerprint density at radius 2 is 1.67 bits per heavy atom. The molecule has 0 atom stereocenters. The fourth-order valence-corrected chi connectivity index (χ4v) is 2.22. The zero-order chi connectivity index (χ0) is 15.3. The number of nitrogens with zero attached hydrogens (tertiary/aromatic N) is 3. The van der Waals surface area contributed by atoms with Crippen molar-refractivity contribution in [3.8, 4) is 0 Å². The lowest BCUT2D eigenvalue weighted by Gasteiger charge is -2.11. The molecule has 0 aliphatic heterocycles. The molecule has 0 aliphatic rings. The van der Waals surface area contributed by atoms with E-state index in [0.717, 1.165) is 9.87 Å². The van der Waals surface area contributed by atoms with E-state index in [1.54, 1.807) is 12.1 Å². The fraction of sp³-hybridized carbons (Fsp3) is 0.273. The highest BCUT2D eigenvalue weighted by molar-refractivity contribution is 7.89. The van der Waals surface area contributed by atoms with E-state index in [-0.39, 0.29) is 35.8 Å². The number of hydrogen-bond acceptors (Lipinski definition) is 3. The van der Waals surface area contributed by atoms with Gasteiger partial charge in [-0.05, 0) is 17.7 Å². The van der Waals surface area contributed by atoms with E-state index in [1.807, 2.05) is 0 Å². The summed E-state index contributed by atoms with van der Waals surface area (Å²) in [7, 11) is -0.472. The van der Waals surface area contributed by atoms with Crippen molar-refractivity contribution in [3.63, 3.8) is 0 Å². The van der Waals surface area contributed by atoms with Gasteiger partial charge in [0.2, 0.25) is 16.0 Å². The van der Waals surface area contributed by atoms with Crippen LogP contribution in [0.2, 0.25) is 0 Å². The van der Waals surface area contributed by atoms with Crippen LogP contribution < -0.4 is 17.2 Å². The Labute approximate surface area is 130 Å². The monoisotopic (exact) mass is 334 g/mol. The van der Waals surface area contributed by atoms with Crippen LogP contribution in [0.4, 0.5) is 0 Å². The van der Waals surface area contributed by atoms with Gasteiger partial charge < -0.3 is 17.2 Å². The second-order valence-electron chi connectivity index (χ2n) is 4.14. The second-order valence-corrected chi connectivity index (χ2v) is 6.29. The number of halogens is 1. The van der Waals surface area contributed by atoms with Gasteiger partial charge in [-0.15, -0.1) is 12.4 Å². The van der Waals surface area contributed by atoms with Crippen LogP contribution in [0.15, 0.2) is 39.1 Å². The standard InChI is InChI=1S/C11H18N6O2S.ClH/c1-17(2)20(18,19)9-5-3-8(4-6-9)7-15-11(14)16-10(12)13;/h3-6H,7H2,1-2H3,(H6,12,13,14,15,16);1H. The van der Waals surface area contributed by atoms with Gasteiger partial charge in [0.25, 0.3) is 0 Å². The number of guanidine groups is 2. The maximum atomic E-state index is 11.9.